The minimum absolute atomic E-state index is 0.0112. The lowest BCUT2D eigenvalue weighted by atomic mass is 9.92. The molecule has 0 saturated carbocycles. The monoisotopic (exact) mass is 386 g/mol. The Morgan fingerprint density at radius 3 is 2.75 bits per heavy atom. The maximum absolute atomic E-state index is 12.7. The van der Waals surface area contributed by atoms with Gasteiger partial charge in [-0.25, -0.2) is 0 Å². The average molecular weight is 386 g/mol. The van der Waals surface area contributed by atoms with Crippen molar-refractivity contribution in [1.82, 2.24) is 20.0 Å². The van der Waals surface area contributed by atoms with Gasteiger partial charge in [0.15, 0.2) is 11.5 Å². The van der Waals surface area contributed by atoms with Crippen LogP contribution in [0.25, 0.3) is 0 Å². The van der Waals surface area contributed by atoms with Crippen LogP contribution in [0.4, 0.5) is 0 Å². The number of likely N-dealkylation sites (N-methyl/N-ethyl adjacent to an activating group) is 1. The van der Waals surface area contributed by atoms with E-state index in [1.807, 2.05) is 17.9 Å². The van der Waals surface area contributed by atoms with E-state index in [-0.39, 0.29) is 24.4 Å². The number of aromatic nitrogens is 2. The summed E-state index contributed by atoms with van der Waals surface area (Å²) in [5, 5.41) is 7.01. The molecule has 1 aliphatic carbocycles. The minimum Gasteiger partial charge on any atom is -0.493 e. The standard InChI is InChI=1S/C20H26N4O4/c1-23(15-6-5-7-16-14(15)11-22-24(16)2)19(25)12-21-20(26)13-8-9-17(27-3)18(10-13)28-4/h8-11,15H,5-7,12H2,1-4H3,(H,21,26). The van der Waals surface area contributed by atoms with Gasteiger partial charge in [0.25, 0.3) is 5.91 Å². The zero-order valence-corrected chi connectivity index (χ0v) is 16.7. The largest absolute Gasteiger partial charge is 0.493 e. The fourth-order valence-electron chi connectivity index (χ4n) is 3.62. The van der Waals surface area contributed by atoms with Crippen LogP contribution in [-0.2, 0) is 18.3 Å². The van der Waals surface area contributed by atoms with Gasteiger partial charge in [-0.15, -0.1) is 0 Å². The molecular weight excluding hydrogens is 360 g/mol. The Labute approximate surface area is 164 Å². The summed E-state index contributed by atoms with van der Waals surface area (Å²) >= 11 is 0. The fraction of sp³-hybridized carbons (Fsp3) is 0.450. The van der Waals surface area contributed by atoms with E-state index in [1.54, 1.807) is 30.1 Å². The van der Waals surface area contributed by atoms with E-state index in [0.717, 1.165) is 24.8 Å². The van der Waals surface area contributed by atoms with E-state index in [0.29, 0.717) is 17.1 Å². The summed E-state index contributed by atoms with van der Waals surface area (Å²) in [5.74, 6) is 0.522. The van der Waals surface area contributed by atoms with Gasteiger partial charge in [0.05, 0.1) is 33.0 Å². The van der Waals surface area contributed by atoms with Crippen LogP contribution in [0.5, 0.6) is 11.5 Å². The van der Waals surface area contributed by atoms with E-state index in [1.165, 1.54) is 19.9 Å². The van der Waals surface area contributed by atoms with Gasteiger partial charge in [0.1, 0.15) is 0 Å². The van der Waals surface area contributed by atoms with Crippen LogP contribution < -0.4 is 14.8 Å². The Morgan fingerprint density at radius 1 is 1.29 bits per heavy atom. The first-order valence-electron chi connectivity index (χ1n) is 9.23. The first-order valence-corrected chi connectivity index (χ1v) is 9.23. The number of hydrogen-bond acceptors (Lipinski definition) is 5. The molecule has 1 atom stereocenters. The Balaban J connectivity index is 1.63. The molecule has 28 heavy (non-hydrogen) atoms. The first kappa shape index (κ1) is 19.7. The van der Waals surface area contributed by atoms with Gasteiger partial charge in [-0.2, -0.15) is 5.10 Å². The molecule has 1 aromatic carbocycles. The number of amides is 2. The van der Waals surface area contributed by atoms with Gasteiger partial charge in [-0.3, -0.25) is 14.3 Å². The number of fused-ring (bicyclic) bond motifs is 1. The predicted octanol–water partition coefficient (Wildman–Crippen LogP) is 1.70. The van der Waals surface area contributed by atoms with Crippen LogP contribution in [0, 0.1) is 0 Å². The molecule has 0 bridgehead atoms. The molecule has 1 N–H and O–H groups in total. The minimum atomic E-state index is -0.339. The fourth-order valence-corrected chi connectivity index (χ4v) is 3.62. The molecule has 0 spiro atoms. The van der Waals surface area contributed by atoms with Crippen LogP contribution in [-0.4, -0.2) is 54.3 Å². The lowest BCUT2D eigenvalue weighted by Crippen LogP contribution is -2.40. The lowest BCUT2D eigenvalue weighted by molar-refractivity contribution is -0.131. The molecule has 0 radical (unpaired) electrons. The molecule has 8 nitrogen and oxygen atoms in total. The summed E-state index contributed by atoms with van der Waals surface area (Å²) in [5.41, 5.74) is 2.67. The molecule has 2 amide bonds. The number of carbonyl (C=O) groups excluding carboxylic acids is 2. The lowest BCUT2D eigenvalue weighted by Gasteiger charge is -2.31. The second kappa shape index (κ2) is 8.33. The van der Waals surface area contributed by atoms with E-state index in [2.05, 4.69) is 10.4 Å². The van der Waals surface area contributed by atoms with Gasteiger partial charge in [0.2, 0.25) is 5.91 Å². The van der Waals surface area contributed by atoms with Gasteiger partial charge in [0, 0.05) is 30.9 Å². The number of rotatable bonds is 6. The summed E-state index contributed by atoms with van der Waals surface area (Å²) in [6, 6.07) is 4.87. The molecule has 8 heteroatoms. The number of nitrogens with zero attached hydrogens (tertiary/aromatic N) is 3. The summed E-state index contributed by atoms with van der Waals surface area (Å²) in [7, 11) is 6.74. The SMILES string of the molecule is COc1ccc(C(=O)NCC(=O)N(C)C2CCCc3c2cnn3C)cc1OC. The van der Waals surface area contributed by atoms with Crippen molar-refractivity contribution in [2.75, 3.05) is 27.8 Å². The van der Waals surface area contributed by atoms with Crippen molar-refractivity contribution in [2.45, 2.75) is 25.3 Å². The van der Waals surface area contributed by atoms with E-state index < -0.39 is 0 Å². The average Bonchev–Trinajstić information content (AvgIpc) is 3.11. The second-order valence-corrected chi connectivity index (χ2v) is 6.84. The number of ether oxygens (including phenoxy) is 2. The van der Waals surface area contributed by atoms with E-state index in [9.17, 15) is 9.59 Å². The van der Waals surface area contributed by atoms with Crippen LogP contribution in [0.15, 0.2) is 24.4 Å². The van der Waals surface area contributed by atoms with Crippen LogP contribution >= 0.6 is 0 Å². The predicted molar refractivity (Wildman–Crippen MR) is 104 cm³/mol. The Bertz CT molecular complexity index is 877. The van der Waals surface area contributed by atoms with Crippen molar-refractivity contribution in [1.29, 1.82) is 0 Å². The molecule has 1 aromatic heterocycles. The highest BCUT2D eigenvalue weighted by Gasteiger charge is 2.29. The number of hydrogen-bond donors (Lipinski definition) is 1. The third kappa shape index (κ3) is 3.81. The molecule has 2 aromatic rings. The van der Waals surface area contributed by atoms with E-state index >= 15 is 0 Å². The molecular formula is C20H26N4O4. The third-order valence-corrected chi connectivity index (χ3v) is 5.25. The van der Waals surface area contributed by atoms with Crippen LogP contribution in [0.3, 0.4) is 0 Å². The Hall–Kier alpha value is -3.03. The van der Waals surface area contributed by atoms with Gasteiger partial charge in [-0.05, 0) is 37.5 Å². The molecule has 1 heterocycles. The number of methoxy groups -OCH3 is 2. The number of nitrogens with one attached hydrogen (secondary N) is 1. The number of benzene rings is 1. The topological polar surface area (TPSA) is 85.7 Å². The highest BCUT2D eigenvalue weighted by Crippen LogP contribution is 2.33. The highest BCUT2D eigenvalue weighted by molar-refractivity contribution is 5.97. The Kier molecular flexibility index (Phi) is 5.87. The summed E-state index contributed by atoms with van der Waals surface area (Å²) in [4.78, 5) is 26.8. The van der Waals surface area contributed by atoms with Gasteiger partial charge >= 0.3 is 0 Å². The quantitative estimate of drug-likeness (QED) is 0.817. The zero-order chi connectivity index (χ0) is 20.3. The maximum Gasteiger partial charge on any atom is 0.251 e. The van der Waals surface area contributed by atoms with Crippen molar-refractivity contribution in [3.8, 4) is 11.5 Å². The molecule has 0 aliphatic heterocycles. The molecule has 0 saturated heterocycles. The molecule has 150 valence electrons. The smallest absolute Gasteiger partial charge is 0.251 e. The van der Waals surface area contributed by atoms with Crippen molar-refractivity contribution in [3.05, 3.63) is 41.2 Å². The van der Waals surface area contributed by atoms with Crippen LogP contribution in [0.1, 0.15) is 40.5 Å². The normalized spacial score (nSPS) is 15.5. The number of aryl methyl sites for hydroxylation is 1. The maximum atomic E-state index is 12.7. The number of carbonyl (C=O) groups is 2. The third-order valence-electron chi connectivity index (χ3n) is 5.25. The van der Waals surface area contributed by atoms with Gasteiger partial charge < -0.3 is 19.7 Å². The molecule has 1 aliphatic rings. The van der Waals surface area contributed by atoms with Crippen molar-refractivity contribution in [3.63, 3.8) is 0 Å². The summed E-state index contributed by atoms with van der Waals surface area (Å²) in [6.45, 7) is -0.0736. The van der Waals surface area contributed by atoms with Crippen molar-refractivity contribution in [2.24, 2.45) is 7.05 Å². The van der Waals surface area contributed by atoms with Gasteiger partial charge in [-0.1, -0.05) is 0 Å². The zero-order valence-electron chi connectivity index (χ0n) is 16.7. The summed E-state index contributed by atoms with van der Waals surface area (Å²) < 4.78 is 12.3. The highest BCUT2D eigenvalue weighted by atomic mass is 16.5. The summed E-state index contributed by atoms with van der Waals surface area (Å²) in [6.07, 6.45) is 4.71. The second-order valence-electron chi connectivity index (χ2n) is 6.84. The molecule has 1 unspecified atom stereocenters. The van der Waals surface area contributed by atoms with Crippen LogP contribution in [0.2, 0.25) is 0 Å². The van der Waals surface area contributed by atoms with E-state index in [4.69, 9.17) is 9.47 Å². The Morgan fingerprint density at radius 2 is 2.04 bits per heavy atom. The van der Waals surface area contributed by atoms with Crippen molar-refractivity contribution < 1.29 is 19.1 Å². The molecule has 0 fully saturated rings. The molecule has 3 rings (SSSR count). The van der Waals surface area contributed by atoms with Crippen molar-refractivity contribution >= 4 is 11.8 Å². The first-order chi connectivity index (χ1) is 13.5.